The smallest absolute Gasteiger partial charge is 0.338 e. The lowest BCUT2D eigenvalue weighted by molar-refractivity contribution is -0.135. The van der Waals surface area contributed by atoms with E-state index in [0.717, 1.165) is 41.7 Å². The zero-order valence-corrected chi connectivity index (χ0v) is 25.6. The van der Waals surface area contributed by atoms with E-state index >= 15 is 0 Å². The van der Waals surface area contributed by atoms with Crippen LogP contribution in [0.2, 0.25) is 0 Å². The molecule has 0 spiro atoms. The van der Waals surface area contributed by atoms with Gasteiger partial charge in [-0.2, -0.15) is 0 Å². The fraction of sp³-hybridized carbons (Fsp3) is 0.333. The molecule has 1 heterocycles. The first-order chi connectivity index (χ1) is 21.3. The van der Waals surface area contributed by atoms with E-state index in [1.807, 2.05) is 30.4 Å². The van der Waals surface area contributed by atoms with Crippen molar-refractivity contribution in [3.63, 3.8) is 0 Å². The van der Waals surface area contributed by atoms with Gasteiger partial charge in [-0.3, -0.25) is 0 Å². The molecule has 6 rings (SSSR count). The Morgan fingerprint density at radius 3 is 2.02 bits per heavy atom. The van der Waals surface area contributed by atoms with Crippen molar-refractivity contribution in [2.75, 3.05) is 13.2 Å². The fourth-order valence-corrected chi connectivity index (χ4v) is 8.19. The average molecular weight is 588 g/mol. The molecule has 0 aromatic heterocycles. The Bertz CT molecular complexity index is 1500. The fourth-order valence-electron chi connectivity index (χ4n) is 8.19. The summed E-state index contributed by atoms with van der Waals surface area (Å²) < 4.78 is 12.5. The monoisotopic (exact) mass is 587 g/mol. The van der Waals surface area contributed by atoms with Crippen molar-refractivity contribution >= 4 is 11.7 Å². The molecule has 3 aromatic carbocycles. The average Bonchev–Trinajstić information content (AvgIpc) is 3.47. The van der Waals surface area contributed by atoms with Gasteiger partial charge in [0.2, 0.25) is 0 Å². The van der Waals surface area contributed by atoms with Crippen LogP contribution in [0.3, 0.4) is 0 Å². The van der Waals surface area contributed by atoms with Gasteiger partial charge in [0, 0.05) is 11.3 Å². The van der Waals surface area contributed by atoms with Gasteiger partial charge in [0.1, 0.15) is 12.2 Å². The highest BCUT2D eigenvalue weighted by atomic mass is 16.5. The van der Waals surface area contributed by atoms with Gasteiger partial charge in [-0.1, -0.05) is 134 Å². The summed E-state index contributed by atoms with van der Waals surface area (Å²) >= 11 is 0. The zero-order valence-electron chi connectivity index (χ0n) is 25.6. The molecule has 0 radical (unpaired) electrons. The summed E-state index contributed by atoms with van der Waals surface area (Å²) in [5, 5.41) is 14.3. The Morgan fingerprint density at radius 1 is 0.955 bits per heavy atom. The van der Waals surface area contributed by atoms with Crippen molar-refractivity contribution in [1.29, 1.82) is 0 Å². The summed E-state index contributed by atoms with van der Waals surface area (Å²) in [4.78, 5) is 12.2. The minimum absolute atomic E-state index is 0.0669. The molecule has 4 atom stereocenters. The summed E-state index contributed by atoms with van der Waals surface area (Å²) in [6.07, 6.45) is 9.17. The van der Waals surface area contributed by atoms with Gasteiger partial charge in [0.15, 0.2) is 0 Å². The number of hydrogen-bond acceptors (Lipinski definition) is 5. The largest absolute Gasteiger partial charge is 0.458 e. The maximum atomic E-state index is 12.2. The van der Waals surface area contributed by atoms with Crippen LogP contribution in [-0.2, 0) is 19.9 Å². The minimum Gasteiger partial charge on any atom is -0.458 e. The van der Waals surface area contributed by atoms with Crippen molar-refractivity contribution in [3.05, 3.63) is 144 Å². The molecule has 0 amide bonds. The highest BCUT2D eigenvalue weighted by Crippen LogP contribution is 2.61. The molecule has 44 heavy (non-hydrogen) atoms. The van der Waals surface area contributed by atoms with Crippen molar-refractivity contribution < 1.29 is 19.5 Å². The zero-order chi connectivity index (χ0) is 30.8. The highest BCUT2D eigenvalue weighted by Gasteiger charge is 2.57. The summed E-state index contributed by atoms with van der Waals surface area (Å²) in [6.45, 7) is 9.71. The van der Waals surface area contributed by atoms with Crippen LogP contribution in [0.1, 0.15) is 56.2 Å². The third-order valence-electron chi connectivity index (χ3n) is 10.5. The van der Waals surface area contributed by atoms with Gasteiger partial charge >= 0.3 is 5.97 Å². The summed E-state index contributed by atoms with van der Waals surface area (Å²) in [5.41, 5.74) is 4.06. The lowest BCUT2D eigenvalue weighted by Gasteiger charge is -2.58. The van der Waals surface area contributed by atoms with Gasteiger partial charge in [-0.15, -0.1) is 0 Å². The molecule has 2 saturated carbocycles. The number of cyclic esters (lactones) is 1. The first-order valence-corrected chi connectivity index (χ1v) is 15.6. The normalized spacial score (nSPS) is 28.1. The van der Waals surface area contributed by atoms with E-state index in [-0.39, 0.29) is 23.2 Å². The number of benzene rings is 3. The summed E-state index contributed by atoms with van der Waals surface area (Å²) in [7, 11) is 0. The molecule has 0 saturated heterocycles. The number of hydrogen-bond donors (Lipinski definition) is 1. The van der Waals surface area contributed by atoms with E-state index in [9.17, 15) is 10.0 Å². The lowest BCUT2D eigenvalue weighted by atomic mass is 9.46. The second-order valence-corrected chi connectivity index (χ2v) is 12.9. The number of carbonyl (C=O) groups is 1. The van der Waals surface area contributed by atoms with Crippen LogP contribution in [0, 0.1) is 22.7 Å². The molecule has 5 nitrogen and oxygen atoms in total. The highest BCUT2D eigenvalue weighted by molar-refractivity contribution is 5.93. The molecular weight excluding hydrogens is 546 g/mol. The van der Waals surface area contributed by atoms with Crippen LogP contribution >= 0.6 is 0 Å². The molecule has 226 valence electrons. The molecular formula is C39H41NO4. The maximum Gasteiger partial charge on any atom is 0.338 e. The Kier molecular flexibility index (Phi) is 8.17. The third kappa shape index (κ3) is 5.03. The van der Waals surface area contributed by atoms with E-state index in [1.165, 1.54) is 5.57 Å². The lowest BCUT2D eigenvalue weighted by Crippen LogP contribution is -2.56. The Balaban J connectivity index is 1.43. The van der Waals surface area contributed by atoms with Gasteiger partial charge in [-0.05, 0) is 59.8 Å². The molecule has 0 bridgehead atoms. The molecule has 1 N–H and O–H groups in total. The van der Waals surface area contributed by atoms with Crippen molar-refractivity contribution in [3.8, 4) is 0 Å². The molecule has 2 fully saturated rings. The van der Waals surface area contributed by atoms with Crippen LogP contribution in [0.15, 0.2) is 132 Å². The predicted molar refractivity (Wildman–Crippen MR) is 173 cm³/mol. The van der Waals surface area contributed by atoms with E-state index in [2.05, 4.69) is 104 Å². The topological polar surface area (TPSA) is 68.1 Å². The van der Waals surface area contributed by atoms with E-state index < -0.39 is 11.0 Å². The van der Waals surface area contributed by atoms with E-state index in [0.29, 0.717) is 25.2 Å². The molecule has 2 aliphatic carbocycles. The molecule has 0 unspecified atom stereocenters. The number of rotatable bonds is 8. The quantitative estimate of drug-likeness (QED) is 0.0947. The summed E-state index contributed by atoms with van der Waals surface area (Å²) in [6, 6.07) is 31.2. The molecule has 1 aliphatic heterocycles. The first kappa shape index (κ1) is 29.8. The number of oxime groups is 1. The van der Waals surface area contributed by atoms with E-state index in [4.69, 9.17) is 9.47 Å². The SMILES string of the molecule is C=C1CC[C@H]2[C@@](C)(CC/C(=N\O)[C@@]2(C)COC(c2ccccc2)(c2ccccc2)c2ccccc2)[C@@H]1/C=C/C1=CCOC1=O. The Hall–Kier alpha value is -4.22. The van der Waals surface area contributed by atoms with Gasteiger partial charge in [0.25, 0.3) is 0 Å². The Morgan fingerprint density at radius 2 is 1.52 bits per heavy atom. The first-order valence-electron chi connectivity index (χ1n) is 15.6. The molecule has 5 heteroatoms. The van der Waals surface area contributed by atoms with Gasteiger partial charge in [0.05, 0.1) is 17.9 Å². The second kappa shape index (κ2) is 12.0. The van der Waals surface area contributed by atoms with Crippen molar-refractivity contribution in [2.45, 2.75) is 45.1 Å². The summed E-state index contributed by atoms with van der Waals surface area (Å²) in [5.74, 6) is -0.0587. The third-order valence-corrected chi connectivity index (χ3v) is 10.5. The van der Waals surface area contributed by atoms with Gasteiger partial charge < -0.3 is 14.7 Å². The minimum atomic E-state index is -0.881. The van der Waals surface area contributed by atoms with Crippen molar-refractivity contribution in [1.82, 2.24) is 0 Å². The molecule has 3 aromatic rings. The van der Waals surface area contributed by atoms with Crippen LogP contribution in [0.25, 0.3) is 0 Å². The predicted octanol–water partition coefficient (Wildman–Crippen LogP) is 8.25. The number of ether oxygens (including phenoxy) is 2. The number of esters is 1. The maximum absolute atomic E-state index is 12.2. The van der Waals surface area contributed by atoms with Crippen molar-refractivity contribution in [2.24, 2.45) is 27.8 Å². The Labute approximate surface area is 260 Å². The number of allylic oxidation sites excluding steroid dienone is 2. The standard InChI is InChI=1S/C39H41NO4/c1-28-19-22-34-37(2,33(28)21-20-29-24-26-43-36(29)41)25-23-35(40-42)38(34,3)27-44-39(30-13-7-4-8-14-30,31-15-9-5-10-16-31)32-17-11-6-12-18-32/h4-18,20-21,24,33-34,42H,1,19,22-23,25-27H2,2-3H3/b21-20+,40-35+/t33-,34+,37+,38+/m1/s1. The second-order valence-electron chi connectivity index (χ2n) is 12.9. The molecule has 3 aliphatic rings. The van der Waals surface area contributed by atoms with E-state index in [1.54, 1.807) is 0 Å². The number of fused-ring (bicyclic) bond motifs is 1. The number of carbonyl (C=O) groups excluding carboxylic acids is 1. The number of nitrogens with zero attached hydrogens (tertiary/aromatic N) is 1. The van der Waals surface area contributed by atoms with Crippen LogP contribution < -0.4 is 0 Å². The van der Waals surface area contributed by atoms with Crippen LogP contribution in [-0.4, -0.2) is 30.1 Å². The van der Waals surface area contributed by atoms with Crippen LogP contribution in [0.4, 0.5) is 0 Å². The van der Waals surface area contributed by atoms with Gasteiger partial charge in [-0.25, -0.2) is 4.79 Å². The van der Waals surface area contributed by atoms with Crippen LogP contribution in [0.5, 0.6) is 0 Å².